The van der Waals surface area contributed by atoms with E-state index in [4.69, 9.17) is 5.11 Å². The lowest BCUT2D eigenvalue weighted by atomic mass is 9.86. The molecule has 0 radical (unpaired) electrons. The van der Waals surface area contributed by atoms with Crippen molar-refractivity contribution in [2.45, 2.75) is 63.5 Å². The molecule has 0 bridgehead atoms. The minimum atomic E-state index is 0.179. The van der Waals surface area contributed by atoms with E-state index in [1.165, 1.54) is 12.8 Å². The van der Waals surface area contributed by atoms with Crippen molar-refractivity contribution in [2.75, 3.05) is 20.2 Å². The molecule has 2 saturated carbocycles. The lowest BCUT2D eigenvalue weighted by Crippen LogP contribution is -2.44. The van der Waals surface area contributed by atoms with Crippen LogP contribution >= 0.6 is 0 Å². The summed E-state index contributed by atoms with van der Waals surface area (Å²) in [5.41, 5.74) is 0. The molecule has 2 rings (SSSR count). The van der Waals surface area contributed by atoms with Crippen LogP contribution in [0.2, 0.25) is 0 Å². The molecule has 0 atom stereocenters. The Hall–Kier alpha value is -0.610. The van der Waals surface area contributed by atoms with Crippen molar-refractivity contribution in [1.29, 1.82) is 0 Å². The third-order valence-corrected chi connectivity index (χ3v) is 4.81. The summed E-state index contributed by atoms with van der Waals surface area (Å²) in [6, 6.07) is 0.933. The molecule has 0 spiro atoms. The molecule has 2 aliphatic carbocycles. The Morgan fingerprint density at radius 1 is 1.16 bits per heavy atom. The molecule has 1 amide bonds. The number of hydrogen-bond donors (Lipinski definition) is 2. The van der Waals surface area contributed by atoms with Gasteiger partial charge in [0.1, 0.15) is 0 Å². The van der Waals surface area contributed by atoms with E-state index in [1.54, 1.807) is 0 Å². The Labute approximate surface area is 116 Å². The zero-order valence-electron chi connectivity index (χ0n) is 12.1. The zero-order chi connectivity index (χ0) is 13.7. The molecule has 0 heterocycles. The van der Waals surface area contributed by atoms with Crippen LogP contribution in [0.25, 0.3) is 0 Å². The Kier molecular flexibility index (Phi) is 5.64. The van der Waals surface area contributed by atoms with Crippen LogP contribution in [0.1, 0.15) is 51.4 Å². The highest BCUT2D eigenvalue weighted by Crippen LogP contribution is 2.26. The van der Waals surface area contributed by atoms with Gasteiger partial charge in [-0.3, -0.25) is 9.69 Å². The lowest BCUT2D eigenvalue weighted by molar-refractivity contribution is -0.123. The molecule has 4 heteroatoms. The molecular formula is C15H28N2O2. The second-order valence-electron chi connectivity index (χ2n) is 6.32. The maximum atomic E-state index is 12.0. The van der Waals surface area contributed by atoms with Crippen molar-refractivity contribution in [3.05, 3.63) is 0 Å². The van der Waals surface area contributed by atoms with E-state index < -0.39 is 0 Å². The molecule has 0 aromatic rings. The van der Waals surface area contributed by atoms with Crippen LogP contribution in [-0.2, 0) is 4.79 Å². The molecule has 110 valence electrons. The highest BCUT2D eigenvalue weighted by Gasteiger charge is 2.25. The number of likely N-dealkylation sites (N-methyl/N-ethyl adjacent to an activating group) is 1. The average molecular weight is 268 g/mol. The normalized spacial score (nSPS) is 28.8. The second-order valence-corrected chi connectivity index (χ2v) is 6.32. The second kappa shape index (κ2) is 7.25. The van der Waals surface area contributed by atoms with Gasteiger partial charge in [-0.1, -0.05) is 12.8 Å². The van der Waals surface area contributed by atoms with E-state index in [0.717, 1.165) is 38.5 Å². The van der Waals surface area contributed by atoms with Crippen LogP contribution in [0.4, 0.5) is 0 Å². The summed E-state index contributed by atoms with van der Waals surface area (Å²) in [6.07, 6.45) is 9.22. The molecule has 2 N–H and O–H groups in total. The highest BCUT2D eigenvalue weighted by molar-refractivity contribution is 5.78. The summed E-state index contributed by atoms with van der Waals surface area (Å²) in [6.45, 7) is 0.837. The molecule has 2 aliphatic rings. The maximum Gasteiger partial charge on any atom is 0.234 e. The number of aliphatic hydroxyl groups excluding tert-OH is 1. The van der Waals surface area contributed by atoms with Crippen molar-refractivity contribution >= 4 is 5.91 Å². The molecule has 0 aromatic heterocycles. The minimum absolute atomic E-state index is 0.179. The fourth-order valence-electron chi connectivity index (χ4n) is 3.47. The van der Waals surface area contributed by atoms with Crippen molar-refractivity contribution in [1.82, 2.24) is 10.2 Å². The van der Waals surface area contributed by atoms with Gasteiger partial charge in [-0.15, -0.1) is 0 Å². The zero-order valence-corrected chi connectivity index (χ0v) is 12.1. The molecule has 4 nitrogen and oxygen atoms in total. The topological polar surface area (TPSA) is 52.6 Å². The van der Waals surface area contributed by atoms with Gasteiger partial charge in [0.05, 0.1) is 6.54 Å². The van der Waals surface area contributed by atoms with E-state index in [9.17, 15) is 4.79 Å². The maximum absolute atomic E-state index is 12.0. The number of carbonyl (C=O) groups excluding carboxylic acids is 1. The number of nitrogens with one attached hydrogen (secondary N) is 1. The first-order valence-corrected chi connectivity index (χ1v) is 7.79. The summed E-state index contributed by atoms with van der Waals surface area (Å²) in [5.74, 6) is 0.663. The first-order valence-electron chi connectivity index (χ1n) is 7.79. The lowest BCUT2D eigenvalue weighted by Gasteiger charge is -2.33. The van der Waals surface area contributed by atoms with Gasteiger partial charge >= 0.3 is 0 Å². The van der Waals surface area contributed by atoms with Crippen LogP contribution in [0.3, 0.4) is 0 Å². The summed E-state index contributed by atoms with van der Waals surface area (Å²) in [5, 5.41) is 12.3. The molecule has 0 aliphatic heterocycles. The van der Waals surface area contributed by atoms with E-state index >= 15 is 0 Å². The minimum Gasteiger partial charge on any atom is -0.396 e. The summed E-state index contributed by atoms with van der Waals surface area (Å²) >= 11 is 0. The van der Waals surface area contributed by atoms with Crippen molar-refractivity contribution in [3.63, 3.8) is 0 Å². The van der Waals surface area contributed by atoms with Crippen LogP contribution in [-0.4, -0.2) is 48.2 Å². The molecular weight excluding hydrogens is 240 g/mol. The first-order chi connectivity index (χ1) is 9.19. The Morgan fingerprint density at radius 2 is 1.79 bits per heavy atom. The Balaban J connectivity index is 1.68. The van der Waals surface area contributed by atoms with Crippen LogP contribution in [0.15, 0.2) is 0 Å². The Bertz CT molecular complexity index is 282. The van der Waals surface area contributed by atoms with E-state index in [0.29, 0.717) is 31.2 Å². The fraction of sp³-hybridized carbons (Fsp3) is 0.933. The predicted molar refractivity (Wildman–Crippen MR) is 75.9 cm³/mol. The van der Waals surface area contributed by atoms with Gasteiger partial charge in [-0.2, -0.15) is 0 Å². The van der Waals surface area contributed by atoms with Gasteiger partial charge < -0.3 is 10.4 Å². The predicted octanol–water partition coefficient (Wildman–Crippen LogP) is 1.53. The summed E-state index contributed by atoms with van der Waals surface area (Å²) in [7, 11) is 2.05. The van der Waals surface area contributed by atoms with Gasteiger partial charge in [0.2, 0.25) is 5.91 Å². The van der Waals surface area contributed by atoms with Gasteiger partial charge in [0.25, 0.3) is 0 Å². The largest absolute Gasteiger partial charge is 0.396 e. The summed E-state index contributed by atoms with van der Waals surface area (Å²) < 4.78 is 0. The number of amides is 1. The van der Waals surface area contributed by atoms with Crippen molar-refractivity contribution in [2.24, 2.45) is 5.92 Å². The first kappa shape index (κ1) is 14.8. The third-order valence-electron chi connectivity index (χ3n) is 4.81. The smallest absolute Gasteiger partial charge is 0.234 e. The number of hydrogen-bond acceptors (Lipinski definition) is 3. The highest BCUT2D eigenvalue weighted by atomic mass is 16.3. The fourth-order valence-corrected chi connectivity index (χ4v) is 3.47. The molecule has 0 unspecified atom stereocenters. The van der Waals surface area contributed by atoms with Gasteiger partial charge in [0.15, 0.2) is 0 Å². The quantitative estimate of drug-likeness (QED) is 0.795. The van der Waals surface area contributed by atoms with Gasteiger partial charge in [-0.05, 0) is 51.5 Å². The molecule has 19 heavy (non-hydrogen) atoms. The average Bonchev–Trinajstić information content (AvgIpc) is 2.91. The SMILES string of the molecule is CN(CC(=O)NC1CCCC1)C1CCC(CO)CC1. The van der Waals surface area contributed by atoms with Crippen LogP contribution in [0.5, 0.6) is 0 Å². The van der Waals surface area contributed by atoms with Gasteiger partial charge in [0, 0.05) is 18.7 Å². The molecule has 0 saturated heterocycles. The van der Waals surface area contributed by atoms with Crippen LogP contribution in [0, 0.1) is 5.92 Å². The number of rotatable bonds is 5. The number of nitrogens with zero attached hydrogens (tertiary/aromatic N) is 1. The molecule has 0 aromatic carbocycles. The summed E-state index contributed by atoms with van der Waals surface area (Å²) in [4.78, 5) is 14.2. The standard InChI is InChI=1S/C15H28N2O2/c1-17(14-8-6-12(11-18)7-9-14)10-15(19)16-13-4-2-3-5-13/h12-14,18H,2-11H2,1H3,(H,16,19). The van der Waals surface area contributed by atoms with Crippen molar-refractivity contribution in [3.8, 4) is 0 Å². The third kappa shape index (κ3) is 4.46. The van der Waals surface area contributed by atoms with E-state index in [-0.39, 0.29) is 5.91 Å². The Morgan fingerprint density at radius 3 is 2.37 bits per heavy atom. The monoisotopic (exact) mass is 268 g/mol. The number of aliphatic hydroxyl groups is 1. The van der Waals surface area contributed by atoms with E-state index in [1.807, 2.05) is 0 Å². The van der Waals surface area contributed by atoms with Gasteiger partial charge in [-0.25, -0.2) is 0 Å². The molecule has 2 fully saturated rings. The van der Waals surface area contributed by atoms with Crippen LogP contribution < -0.4 is 5.32 Å². The number of carbonyl (C=O) groups is 1. The van der Waals surface area contributed by atoms with Crippen molar-refractivity contribution < 1.29 is 9.90 Å². The van der Waals surface area contributed by atoms with E-state index in [2.05, 4.69) is 17.3 Å².